The SMILES string of the molecule is CCC(C)c1ccc([OH+]C(C)O)cc1. The highest BCUT2D eigenvalue weighted by Gasteiger charge is 2.06. The summed E-state index contributed by atoms with van der Waals surface area (Å²) in [6, 6.07) is 8.06. The van der Waals surface area contributed by atoms with Crippen LogP contribution in [0.3, 0.4) is 0 Å². The van der Waals surface area contributed by atoms with Crippen LogP contribution in [0.25, 0.3) is 0 Å². The van der Waals surface area contributed by atoms with Crippen LogP contribution in [-0.2, 0) is 0 Å². The summed E-state index contributed by atoms with van der Waals surface area (Å²) in [5.74, 6) is 1.43. The summed E-state index contributed by atoms with van der Waals surface area (Å²) in [5.41, 5.74) is 1.33. The molecule has 0 bridgehead atoms. The van der Waals surface area contributed by atoms with Crippen LogP contribution in [-0.4, -0.2) is 16.1 Å². The van der Waals surface area contributed by atoms with E-state index in [0.717, 1.165) is 12.2 Å². The lowest BCUT2D eigenvalue weighted by atomic mass is 9.99. The van der Waals surface area contributed by atoms with E-state index in [1.807, 2.05) is 12.1 Å². The normalized spacial score (nSPS) is 14.9. The molecule has 2 nitrogen and oxygen atoms in total. The highest BCUT2D eigenvalue weighted by Crippen LogP contribution is 2.22. The average molecular weight is 195 g/mol. The monoisotopic (exact) mass is 195 g/mol. The molecular formula is C12H19O2+. The lowest BCUT2D eigenvalue weighted by molar-refractivity contribution is -0.140. The van der Waals surface area contributed by atoms with Gasteiger partial charge < -0.3 is 9.84 Å². The van der Waals surface area contributed by atoms with Gasteiger partial charge in [0.15, 0.2) is 0 Å². The molecule has 1 rings (SSSR count). The first kappa shape index (κ1) is 11.1. The Hall–Kier alpha value is -1.02. The second-order valence-electron chi connectivity index (χ2n) is 3.66. The second-order valence-corrected chi connectivity index (χ2v) is 3.66. The number of aliphatic hydroxyl groups is 2. The van der Waals surface area contributed by atoms with E-state index < -0.39 is 6.29 Å². The van der Waals surface area contributed by atoms with Crippen LogP contribution in [0.15, 0.2) is 24.3 Å². The Balaban J connectivity index is 2.68. The zero-order chi connectivity index (χ0) is 10.6. The fourth-order valence-corrected chi connectivity index (χ4v) is 1.34. The minimum atomic E-state index is -0.621. The largest absolute Gasteiger partial charge is 0.561 e. The molecule has 78 valence electrons. The van der Waals surface area contributed by atoms with Crippen LogP contribution in [0.4, 0.5) is 0 Å². The third kappa shape index (κ3) is 3.04. The number of rotatable bonds is 4. The highest BCUT2D eigenvalue weighted by molar-refractivity contribution is 5.28. The van der Waals surface area contributed by atoms with Crippen molar-refractivity contribution in [2.75, 3.05) is 0 Å². The van der Waals surface area contributed by atoms with E-state index in [0.29, 0.717) is 5.92 Å². The Morgan fingerprint density at radius 2 is 1.79 bits per heavy atom. The fourth-order valence-electron chi connectivity index (χ4n) is 1.34. The third-order valence-corrected chi connectivity index (χ3v) is 2.41. The quantitative estimate of drug-likeness (QED) is 0.581. The number of aromatic hydroxyl groups is 1. The van der Waals surface area contributed by atoms with Gasteiger partial charge in [-0.2, -0.15) is 0 Å². The van der Waals surface area contributed by atoms with Crippen LogP contribution >= 0.6 is 0 Å². The van der Waals surface area contributed by atoms with Crippen molar-refractivity contribution in [3.8, 4) is 5.75 Å². The predicted molar refractivity (Wildman–Crippen MR) is 58.5 cm³/mol. The van der Waals surface area contributed by atoms with Crippen molar-refractivity contribution in [2.24, 2.45) is 0 Å². The van der Waals surface area contributed by atoms with E-state index in [-0.39, 0.29) is 0 Å². The van der Waals surface area contributed by atoms with Gasteiger partial charge >= 0.3 is 0 Å². The first-order chi connectivity index (χ1) is 6.63. The molecule has 0 saturated carbocycles. The first-order valence-corrected chi connectivity index (χ1v) is 5.12. The Labute approximate surface area is 85.5 Å². The standard InChI is InChI=1S/C12H18O2/c1-4-9(2)11-5-7-12(8-6-11)14-10(3)13/h5-10,13H,4H2,1-3H3/p+1. The smallest absolute Gasteiger partial charge is 0.290 e. The zero-order valence-electron chi connectivity index (χ0n) is 9.07. The molecule has 0 aliphatic carbocycles. The molecule has 0 spiro atoms. The molecule has 0 aliphatic heterocycles. The fraction of sp³-hybridized carbons (Fsp3) is 0.500. The molecule has 0 saturated heterocycles. The molecule has 0 heterocycles. The number of hydrogen-bond donors (Lipinski definition) is 1. The van der Waals surface area contributed by atoms with E-state index in [1.54, 1.807) is 6.92 Å². The van der Waals surface area contributed by atoms with Crippen LogP contribution < -0.4 is 0 Å². The van der Waals surface area contributed by atoms with E-state index in [4.69, 9.17) is 5.11 Å². The zero-order valence-corrected chi connectivity index (χ0v) is 9.07. The topological polar surface area (TPSA) is 33.0 Å². The van der Waals surface area contributed by atoms with Gasteiger partial charge in [-0.15, -0.1) is 0 Å². The lowest BCUT2D eigenvalue weighted by Gasteiger charge is -2.10. The van der Waals surface area contributed by atoms with Gasteiger partial charge in [-0.3, -0.25) is 0 Å². The van der Waals surface area contributed by atoms with Crippen molar-refractivity contribution >= 4 is 0 Å². The molecule has 2 atom stereocenters. The van der Waals surface area contributed by atoms with Crippen LogP contribution in [0, 0.1) is 0 Å². The Bertz CT molecular complexity index is 264. The van der Waals surface area contributed by atoms with Crippen molar-refractivity contribution in [1.29, 1.82) is 0 Å². The highest BCUT2D eigenvalue weighted by atomic mass is 16.6. The van der Waals surface area contributed by atoms with Crippen molar-refractivity contribution in [2.45, 2.75) is 39.4 Å². The van der Waals surface area contributed by atoms with E-state index in [1.165, 1.54) is 5.56 Å². The van der Waals surface area contributed by atoms with E-state index >= 15 is 0 Å². The van der Waals surface area contributed by atoms with Crippen molar-refractivity contribution in [3.05, 3.63) is 29.8 Å². The molecular weight excluding hydrogens is 176 g/mol. The molecule has 0 radical (unpaired) electrons. The van der Waals surface area contributed by atoms with Gasteiger partial charge in [0.1, 0.15) is 0 Å². The number of ether oxygens (including phenoxy) is 1. The van der Waals surface area contributed by atoms with E-state index in [2.05, 4.69) is 30.7 Å². The molecule has 2 N–H and O–H groups in total. The maximum absolute atomic E-state index is 9.06. The summed E-state index contributed by atoms with van der Waals surface area (Å²) in [7, 11) is 0. The van der Waals surface area contributed by atoms with Gasteiger partial charge in [0.05, 0.1) is 0 Å². The van der Waals surface area contributed by atoms with Crippen LogP contribution in [0.1, 0.15) is 38.7 Å². The molecule has 1 aromatic rings. The van der Waals surface area contributed by atoms with Gasteiger partial charge in [-0.05, 0) is 30.0 Å². The summed E-state index contributed by atoms with van der Waals surface area (Å²) in [5, 5.41) is 9.06. The maximum Gasteiger partial charge on any atom is 0.290 e. The average Bonchev–Trinajstić information content (AvgIpc) is 2.17. The number of aliphatic hydroxyl groups excluding tert-OH is 1. The Kier molecular flexibility index (Phi) is 3.96. The molecule has 2 unspecified atom stereocenters. The summed E-state index contributed by atoms with van der Waals surface area (Å²) >= 11 is 0. The molecule has 2 heteroatoms. The summed E-state index contributed by atoms with van der Waals surface area (Å²) in [4.78, 5) is 0. The van der Waals surface area contributed by atoms with Crippen LogP contribution in [0.2, 0.25) is 0 Å². The molecule has 14 heavy (non-hydrogen) atoms. The molecule has 0 amide bonds. The number of benzene rings is 1. The Morgan fingerprint density at radius 3 is 2.21 bits per heavy atom. The second kappa shape index (κ2) is 5.01. The van der Waals surface area contributed by atoms with Gasteiger partial charge in [0.25, 0.3) is 12.0 Å². The molecule has 1 aromatic carbocycles. The Morgan fingerprint density at radius 1 is 1.21 bits per heavy atom. The minimum absolute atomic E-state index is 0.593. The third-order valence-electron chi connectivity index (χ3n) is 2.41. The van der Waals surface area contributed by atoms with Gasteiger partial charge in [0.2, 0.25) is 0 Å². The first-order valence-electron chi connectivity index (χ1n) is 5.12. The van der Waals surface area contributed by atoms with Crippen LogP contribution in [0.5, 0.6) is 5.75 Å². The molecule has 0 aliphatic rings. The van der Waals surface area contributed by atoms with Crippen molar-refractivity contribution in [1.82, 2.24) is 0 Å². The van der Waals surface area contributed by atoms with Crippen molar-refractivity contribution in [3.63, 3.8) is 0 Å². The lowest BCUT2D eigenvalue weighted by Crippen LogP contribution is -2.05. The summed E-state index contributed by atoms with van der Waals surface area (Å²) in [6.45, 7) is 6.04. The van der Waals surface area contributed by atoms with Gasteiger partial charge in [0, 0.05) is 19.1 Å². The number of hydrogen-bond acceptors (Lipinski definition) is 1. The van der Waals surface area contributed by atoms with Gasteiger partial charge in [-0.1, -0.05) is 13.8 Å². The molecule has 0 aromatic heterocycles. The van der Waals surface area contributed by atoms with Gasteiger partial charge in [-0.25, -0.2) is 0 Å². The van der Waals surface area contributed by atoms with Crippen molar-refractivity contribution < 1.29 is 9.84 Å². The van der Waals surface area contributed by atoms with E-state index in [9.17, 15) is 0 Å². The molecule has 0 fully saturated rings. The summed E-state index contributed by atoms with van der Waals surface area (Å²) < 4.78 is 4.04. The maximum atomic E-state index is 9.06. The minimum Gasteiger partial charge on any atom is -0.561 e. The predicted octanol–water partition coefficient (Wildman–Crippen LogP) is 2.78. The summed E-state index contributed by atoms with van der Waals surface area (Å²) in [6.07, 6.45) is 0.525.